The van der Waals surface area contributed by atoms with E-state index >= 15 is 0 Å². The molecule has 0 saturated carbocycles. The third kappa shape index (κ3) is 2.43. The van der Waals surface area contributed by atoms with Crippen molar-refractivity contribution in [3.05, 3.63) is 0 Å². The van der Waals surface area contributed by atoms with Crippen molar-refractivity contribution in [1.29, 1.82) is 0 Å². The summed E-state index contributed by atoms with van der Waals surface area (Å²) in [4.78, 5) is 5.46. The number of piperazine rings is 1. The van der Waals surface area contributed by atoms with Crippen LogP contribution in [0, 0.1) is 0 Å². The van der Waals surface area contributed by atoms with Gasteiger partial charge in [-0.15, -0.1) is 0 Å². The maximum atomic E-state index is 5.46. The molecule has 1 aliphatic heterocycles. The number of nitrogens with one attached hydrogen (secondary N) is 1. The molecule has 3 heteroatoms. The highest BCUT2D eigenvalue weighted by Crippen LogP contribution is 2.06. The molecule has 0 aliphatic carbocycles. The van der Waals surface area contributed by atoms with Gasteiger partial charge in [0.2, 0.25) is 0 Å². The standard InChI is InChI=1S/C8H18N2O/c1-4-11-10-6-7(2)9-5-8(10)3/h7-9H,4-6H2,1-3H3. The number of hydrogen-bond acceptors (Lipinski definition) is 3. The van der Waals surface area contributed by atoms with Gasteiger partial charge in [0, 0.05) is 25.2 Å². The van der Waals surface area contributed by atoms with E-state index in [0.29, 0.717) is 12.1 Å². The maximum Gasteiger partial charge on any atom is 0.0657 e. The predicted molar refractivity (Wildman–Crippen MR) is 45.3 cm³/mol. The van der Waals surface area contributed by atoms with Gasteiger partial charge in [-0.1, -0.05) is 0 Å². The first-order valence-corrected chi connectivity index (χ1v) is 4.37. The second kappa shape index (κ2) is 4.04. The molecule has 1 N–H and O–H groups in total. The molecule has 2 unspecified atom stereocenters. The van der Waals surface area contributed by atoms with Gasteiger partial charge in [0.25, 0.3) is 0 Å². The van der Waals surface area contributed by atoms with Crippen molar-refractivity contribution in [2.45, 2.75) is 32.9 Å². The lowest BCUT2D eigenvalue weighted by Gasteiger charge is -2.35. The van der Waals surface area contributed by atoms with Crippen molar-refractivity contribution >= 4 is 0 Å². The summed E-state index contributed by atoms with van der Waals surface area (Å²) >= 11 is 0. The van der Waals surface area contributed by atoms with Crippen molar-refractivity contribution in [1.82, 2.24) is 10.4 Å². The molecular formula is C8H18N2O. The Morgan fingerprint density at radius 1 is 1.55 bits per heavy atom. The fraction of sp³-hybridized carbons (Fsp3) is 1.00. The molecular weight excluding hydrogens is 140 g/mol. The molecule has 1 rings (SSSR count). The van der Waals surface area contributed by atoms with E-state index in [1.807, 2.05) is 6.92 Å². The van der Waals surface area contributed by atoms with Gasteiger partial charge in [-0.05, 0) is 20.8 Å². The summed E-state index contributed by atoms with van der Waals surface area (Å²) in [7, 11) is 0. The second-order valence-electron chi connectivity index (χ2n) is 3.18. The van der Waals surface area contributed by atoms with Crippen molar-refractivity contribution in [3.8, 4) is 0 Å². The van der Waals surface area contributed by atoms with Crippen LogP contribution in [0.3, 0.4) is 0 Å². The van der Waals surface area contributed by atoms with E-state index in [1.165, 1.54) is 0 Å². The van der Waals surface area contributed by atoms with Gasteiger partial charge < -0.3 is 5.32 Å². The first-order chi connectivity index (χ1) is 5.24. The number of hydroxylamine groups is 2. The second-order valence-corrected chi connectivity index (χ2v) is 3.18. The van der Waals surface area contributed by atoms with Crippen LogP contribution in [0.4, 0.5) is 0 Å². The minimum absolute atomic E-state index is 0.506. The summed E-state index contributed by atoms with van der Waals surface area (Å²) in [6.07, 6.45) is 0. The zero-order chi connectivity index (χ0) is 8.27. The zero-order valence-corrected chi connectivity index (χ0v) is 7.63. The molecule has 0 aromatic rings. The number of nitrogens with zero attached hydrogens (tertiary/aromatic N) is 1. The Balaban J connectivity index is 2.34. The van der Waals surface area contributed by atoms with Crippen molar-refractivity contribution in [3.63, 3.8) is 0 Å². The van der Waals surface area contributed by atoms with Crippen LogP contribution in [0.5, 0.6) is 0 Å². The fourth-order valence-electron chi connectivity index (χ4n) is 1.33. The van der Waals surface area contributed by atoms with E-state index < -0.39 is 0 Å². The first-order valence-electron chi connectivity index (χ1n) is 4.37. The third-order valence-electron chi connectivity index (χ3n) is 2.00. The molecule has 1 saturated heterocycles. The third-order valence-corrected chi connectivity index (χ3v) is 2.00. The molecule has 2 atom stereocenters. The molecule has 0 aromatic carbocycles. The summed E-state index contributed by atoms with van der Waals surface area (Å²) in [5, 5.41) is 5.47. The largest absolute Gasteiger partial charge is 0.311 e. The van der Waals surface area contributed by atoms with E-state index in [2.05, 4.69) is 24.2 Å². The highest BCUT2D eigenvalue weighted by molar-refractivity contribution is 4.76. The van der Waals surface area contributed by atoms with Crippen LogP contribution in [-0.2, 0) is 4.84 Å². The number of hydrogen-bond donors (Lipinski definition) is 1. The molecule has 0 spiro atoms. The van der Waals surface area contributed by atoms with Gasteiger partial charge in [0.1, 0.15) is 0 Å². The van der Waals surface area contributed by atoms with Gasteiger partial charge in [-0.3, -0.25) is 4.84 Å². The summed E-state index contributed by atoms with van der Waals surface area (Å²) in [6.45, 7) is 9.18. The minimum atomic E-state index is 0.506. The molecule has 1 heterocycles. The summed E-state index contributed by atoms with van der Waals surface area (Å²) < 4.78 is 0. The van der Waals surface area contributed by atoms with Crippen LogP contribution in [0.2, 0.25) is 0 Å². The molecule has 11 heavy (non-hydrogen) atoms. The topological polar surface area (TPSA) is 24.5 Å². The lowest BCUT2D eigenvalue weighted by atomic mass is 10.2. The van der Waals surface area contributed by atoms with Gasteiger partial charge >= 0.3 is 0 Å². The van der Waals surface area contributed by atoms with Crippen LogP contribution in [0.25, 0.3) is 0 Å². The van der Waals surface area contributed by atoms with E-state index in [9.17, 15) is 0 Å². The summed E-state index contributed by atoms with van der Waals surface area (Å²) in [6, 6.07) is 1.06. The Bertz CT molecular complexity index is 119. The Labute approximate surface area is 68.7 Å². The predicted octanol–water partition coefficient (Wildman–Crippen LogP) is 0.620. The molecule has 0 radical (unpaired) electrons. The molecule has 1 fully saturated rings. The molecule has 0 bridgehead atoms. The summed E-state index contributed by atoms with van der Waals surface area (Å²) in [5.41, 5.74) is 0. The normalized spacial score (nSPS) is 34.1. The van der Waals surface area contributed by atoms with Crippen LogP contribution in [-0.4, -0.2) is 36.8 Å². The molecule has 66 valence electrons. The van der Waals surface area contributed by atoms with Crippen molar-refractivity contribution in [2.75, 3.05) is 19.7 Å². The molecule has 1 aliphatic rings. The minimum Gasteiger partial charge on any atom is -0.311 e. The Kier molecular flexibility index (Phi) is 3.30. The van der Waals surface area contributed by atoms with Crippen LogP contribution in [0.15, 0.2) is 0 Å². The summed E-state index contributed by atoms with van der Waals surface area (Å²) in [5.74, 6) is 0. The van der Waals surface area contributed by atoms with E-state index in [1.54, 1.807) is 0 Å². The zero-order valence-electron chi connectivity index (χ0n) is 7.63. The smallest absolute Gasteiger partial charge is 0.0657 e. The van der Waals surface area contributed by atoms with Gasteiger partial charge in [0.05, 0.1) is 6.61 Å². The number of rotatable bonds is 2. The van der Waals surface area contributed by atoms with E-state index in [-0.39, 0.29) is 0 Å². The van der Waals surface area contributed by atoms with Gasteiger partial charge in [-0.25, -0.2) is 0 Å². The first kappa shape index (κ1) is 8.97. The fourth-order valence-corrected chi connectivity index (χ4v) is 1.33. The average Bonchev–Trinajstić information content (AvgIpc) is 1.98. The van der Waals surface area contributed by atoms with Crippen LogP contribution < -0.4 is 5.32 Å². The highest BCUT2D eigenvalue weighted by Gasteiger charge is 2.22. The average molecular weight is 158 g/mol. The van der Waals surface area contributed by atoms with Crippen molar-refractivity contribution < 1.29 is 4.84 Å². The van der Waals surface area contributed by atoms with Gasteiger partial charge in [-0.2, -0.15) is 5.06 Å². The van der Waals surface area contributed by atoms with Crippen molar-refractivity contribution in [2.24, 2.45) is 0 Å². The van der Waals surface area contributed by atoms with E-state index in [0.717, 1.165) is 19.7 Å². The van der Waals surface area contributed by atoms with Crippen LogP contribution >= 0.6 is 0 Å². The maximum absolute atomic E-state index is 5.46. The molecule has 0 amide bonds. The monoisotopic (exact) mass is 158 g/mol. The lowest BCUT2D eigenvalue weighted by molar-refractivity contribution is -0.191. The van der Waals surface area contributed by atoms with E-state index in [4.69, 9.17) is 4.84 Å². The molecule has 3 nitrogen and oxygen atoms in total. The molecule has 0 aromatic heterocycles. The highest BCUT2D eigenvalue weighted by atomic mass is 16.7. The van der Waals surface area contributed by atoms with Gasteiger partial charge in [0.15, 0.2) is 0 Å². The lowest BCUT2D eigenvalue weighted by Crippen LogP contribution is -2.53. The Hall–Kier alpha value is -0.120. The SMILES string of the molecule is CCON1CC(C)NCC1C. The Morgan fingerprint density at radius 2 is 2.27 bits per heavy atom. The quantitative estimate of drug-likeness (QED) is 0.637. The van der Waals surface area contributed by atoms with Crippen LogP contribution in [0.1, 0.15) is 20.8 Å². The Morgan fingerprint density at radius 3 is 2.91 bits per heavy atom.